The summed E-state index contributed by atoms with van der Waals surface area (Å²) in [7, 11) is 0. The van der Waals surface area contributed by atoms with Crippen molar-refractivity contribution in [2.75, 3.05) is 5.32 Å². The Labute approximate surface area is 124 Å². The van der Waals surface area contributed by atoms with Gasteiger partial charge in [-0.05, 0) is 41.3 Å². The summed E-state index contributed by atoms with van der Waals surface area (Å²) in [6, 6.07) is 15.3. The third-order valence-electron chi connectivity index (χ3n) is 3.19. The second-order valence-corrected chi connectivity index (χ2v) is 4.78. The summed E-state index contributed by atoms with van der Waals surface area (Å²) >= 11 is 0. The van der Waals surface area contributed by atoms with Crippen LogP contribution in [0.15, 0.2) is 54.6 Å². The molecule has 108 valence electrons. The monoisotopic (exact) mass is 281 g/mol. The first kappa shape index (κ1) is 15.0. The van der Waals surface area contributed by atoms with Gasteiger partial charge in [0.1, 0.15) is 0 Å². The van der Waals surface area contributed by atoms with Crippen LogP contribution in [0.5, 0.6) is 0 Å². The number of hydrogen-bond donors (Lipinski definition) is 2. The predicted octanol–water partition coefficient (Wildman–Crippen LogP) is 3.39. The van der Waals surface area contributed by atoms with E-state index in [4.69, 9.17) is 5.11 Å². The molecule has 0 bridgehead atoms. The summed E-state index contributed by atoms with van der Waals surface area (Å²) in [6.07, 6.45) is 4.29. The molecule has 0 spiro atoms. The number of amides is 1. The minimum atomic E-state index is -0.190. The molecule has 0 heterocycles. The van der Waals surface area contributed by atoms with Crippen LogP contribution in [0.2, 0.25) is 0 Å². The first-order valence-corrected chi connectivity index (χ1v) is 6.99. The van der Waals surface area contributed by atoms with Gasteiger partial charge in [0.15, 0.2) is 0 Å². The number of aryl methyl sites for hydroxylation is 1. The lowest BCUT2D eigenvalue weighted by Gasteiger charge is -2.04. The van der Waals surface area contributed by atoms with Crippen LogP contribution in [0.4, 0.5) is 5.69 Å². The molecule has 0 saturated carbocycles. The molecule has 2 aromatic carbocycles. The van der Waals surface area contributed by atoms with Crippen molar-refractivity contribution in [1.82, 2.24) is 0 Å². The Morgan fingerprint density at radius 2 is 1.90 bits per heavy atom. The Bertz CT molecular complexity index is 630. The molecule has 0 unspecified atom stereocenters. The molecule has 0 atom stereocenters. The summed E-state index contributed by atoms with van der Waals surface area (Å²) in [5.74, 6) is -0.190. The van der Waals surface area contributed by atoms with Crippen molar-refractivity contribution in [3.8, 4) is 0 Å². The molecule has 3 heteroatoms. The van der Waals surface area contributed by atoms with Crippen LogP contribution in [0, 0.1) is 0 Å². The SMILES string of the molecule is CCc1ccc(/C=C/C(=O)Nc2cccc(CO)c2)cc1. The third kappa shape index (κ3) is 4.58. The van der Waals surface area contributed by atoms with Crippen molar-refractivity contribution in [2.45, 2.75) is 20.0 Å². The van der Waals surface area contributed by atoms with Crippen molar-refractivity contribution in [1.29, 1.82) is 0 Å². The van der Waals surface area contributed by atoms with E-state index in [0.717, 1.165) is 17.5 Å². The quantitative estimate of drug-likeness (QED) is 0.825. The Hall–Kier alpha value is -2.39. The fraction of sp³-hybridized carbons (Fsp3) is 0.167. The third-order valence-corrected chi connectivity index (χ3v) is 3.19. The summed E-state index contributed by atoms with van der Waals surface area (Å²) in [6.45, 7) is 2.07. The van der Waals surface area contributed by atoms with E-state index in [1.54, 1.807) is 30.3 Å². The molecule has 0 aliphatic heterocycles. The second kappa shape index (κ2) is 7.41. The minimum Gasteiger partial charge on any atom is -0.392 e. The zero-order valence-electron chi connectivity index (χ0n) is 12.0. The van der Waals surface area contributed by atoms with Crippen LogP contribution in [0.1, 0.15) is 23.6 Å². The Morgan fingerprint density at radius 3 is 2.57 bits per heavy atom. The van der Waals surface area contributed by atoms with Gasteiger partial charge in [0.2, 0.25) is 5.91 Å². The normalized spacial score (nSPS) is 10.8. The number of carbonyl (C=O) groups excluding carboxylic acids is 1. The summed E-state index contributed by atoms with van der Waals surface area (Å²) in [4.78, 5) is 11.8. The number of hydrogen-bond acceptors (Lipinski definition) is 2. The van der Waals surface area contributed by atoms with E-state index in [2.05, 4.69) is 24.4 Å². The van der Waals surface area contributed by atoms with E-state index < -0.39 is 0 Å². The Morgan fingerprint density at radius 1 is 1.14 bits per heavy atom. The van der Waals surface area contributed by atoms with Crippen LogP contribution in [0.25, 0.3) is 6.08 Å². The van der Waals surface area contributed by atoms with E-state index in [9.17, 15) is 4.79 Å². The maximum Gasteiger partial charge on any atom is 0.248 e. The van der Waals surface area contributed by atoms with Gasteiger partial charge in [-0.25, -0.2) is 0 Å². The van der Waals surface area contributed by atoms with Gasteiger partial charge in [0, 0.05) is 11.8 Å². The van der Waals surface area contributed by atoms with Crippen molar-refractivity contribution in [2.24, 2.45) is 0 Å². The number of anilines is 1. The Balaban J connectivity index is 1.98. The fourth-order valence-electron chi connectivity index (χ4n) is 1.97. The van der Waals surface area contributed by atoms with Crippen molar-refractivity contribution in [3.63, 3.8) is 0 Å². The number of rotatable bonds is 5. The maximum absolute atomic E-state index is 11.8. The molecule has 0 saturated heterocycles. The Kier molecular flexibility index (Phi) is 5.29. The standard InChI is InChI=1S/C18H19NO2/c1-2-14-6-8-15(9-7-14)10-11-18(21)19-17-5-3-4-16(12-17)13-20/h3-12,20H,2,13H2,1H3,(H,19,21)/b11-10+. The molecule has 21 heavy (non-hydrogen) atoms. The van der Waals surface area contributed by atoms with Crippen molar-refractivity contribution < 1.29 is 9.90 Å². The average molecular weight is 281 g/mol. The molecule has 3 nitrogen and oxygen atoms in total. The van der Waals surface area contributed by atoms with E-state index in [0.29, 0.717) is 5.69 Å². The van der Waals surface area contributed by atoms with E-state index in [1.807, 2.05) is 12.1 Å². The van der Waals surface area contributed by atoms with Crippen molar-refractivity contribution >= 4 is 17.7 Å². The predicted molar refractivity (Wildman–Crippen MR) is 85.8 cm³/mol. The fourth-order valence-corrected chi connectivity index (χ4v) is 1.97. The zero-order valence-corrected chi connectivity index (χ0v) is 12.0. The van der Waals surface area contributed by atoms with Crippen LogP contribution in [0.3, 0.4) is 0 Å². The van der Waals surface area contributed by atoms with E-state index in [-0.39, 0.29) is 12.5 Å². The van der Waals surface area contributed by atoms with Gasteiger partial charge >= 0.3 is 0 Å². The minimum absolute atomic E-state index is 0.0384. The smallest absolute Gasteiger partial charge is 0.248 e. The molecule has 0 aromatic heterocycles. The lowest BCUT2D eigenvalue weighted by atomic mass is 10.1. The molecule has 2 rings (SSSR count). The average Bonchev–Trinajstić information content (AvgIpc) is 2.53. The van der Waals surface area contributed by atoms with Crippen LogP contribution in [-0.2, 0) is 17.8 Å². The molecule has 2 aromatic rings. The lowest BCUT2D eigenvalue weighted by Crippen LogP contribution is -2.07. The first-order chi connectivity index (χ1) is 10.2. The summed E-state index contributed by atoms with van der Waals surface area (Å²) in [5.41, 5.74) is 3.72. The lowest BCUT2D eigenvalue weighted by molar-refractivity contribution is -0.111. The van der Waals surface area contributed by atoms with Crippen LogP contribution >= 0.6 is 0 Å². The molecule has 2 N–H and O–H groups in total. The number of carbonyl (C=O) groups is 1. The number of benzene rings is 2. The molecule has 0 radical (unpaired) electrons. The van der Waals surface area contributed by atoms with Gasteiger partial charge in [-0.1, -0.05) is 43.3 Å². The van der Waals surface area contributed by atoms with Gasteiger partial charge in [-0.2, -0.15) is 0 Å². The van der Waals surface area contributed by atoms with Gasteiger partial charge in [0.25, 0.3) is 0 Å². The number of aliphatic hydroxyl groups is 1. The molecular formula is C18H19NO2. The van der Waals surface area contributed by atoms with Crippen LogP contribution < -0.4 is 5.32 Å². The highest BCUT2D eigenvalue weighted by Gasteiger charge is 1.99. The van der Waals surface area contributed by atoms with Gasteiger partial charge < -0.3 is 10.4 Å². The molecule has 1 amide bonds. The first-order valence-electron chi connectivity index (χ1n) is 6.99. The highest BCUT2D eigenvalue weighted by molar-refractivity contribution is 6.01. The van der Waals surface area contributed by atoms with Gasteiger partial charge in [-0.15, -0.1) is 0 Å². The van der Waals surface area contributed by atoms with Crippen LogP contribution in [-0.4, -0.2) is 11.0 Å². The topological polar surface area (TPSA) is 49.3 Å². The second-order valence-electron chi connectivity index (χ2n) is 4.78. The largest absolute Gasteiger partial charge is 0.392 e. The molecule has 0 fully saturated rings. The zero-order chi connectivity index (χ0) is 15.1. The summed E-state index contributed by atoms with van der Waals surface area (Å²) < 4.78 is 0. The summed E-state index contributed by atoms with van der Waals surface area (Å²) in [5, 5.41) is 11.8. The number of aliphatic hydroxyl groups excluding tert-OH is 1. The number of nitrogens with one attached hydrogen (secondary N) is 1. The van der Waals surface area contributed by atoms with E-state index >= 15 is 0 Å². The maximum atomic E-state index is 11.8. The molecular weight excluding hydrogens is 262 g/mol. The van der Waals surface area contributed by atoms with Crippen molar-refractivity contribution in [3.05, 3.63) is 71.3 Å². The highest BCUT2D eigenvalue weighted by atomic mass is 16.3. The van der Waals surface area contributed by atoms with Gasteiger partial charge in [-0.3, -0.25) is 4.79 Å². The molecule has 0 aliphatic carbocycles. The van der Waals surface area contributed by atoms with Gasteiger partial charge in [0.05, 0.1) is 6.61 Å². The molecule has 0 aliphatic rings. The van der Waals surface area contributed by atoms with E-state index in [1.165, 1.54) is 11.6 Å². The highest BCUT2D eigenvalue weighted by Crippen LogP contribution is 2.11.